The lowest BCUT2D eigenvalue weighted by molar-refractivity contribution is 0.262. The number of urea groups is 1. The summed E-state index contributed by atoms with van der Waals surface area (Å²) in [7, 11) is 0. The molecule has 3 rings (SSSR count). The van der Waals surface area contributed by atoms with Crippen LogP contribution in [0, 0.1) is 19.8 Å². The van der Waals surface area contributed by atoms with E-state index in [1.807, 2.05) is 43.3 Å². The number of rotatable bonds is 9. The van der Waals surface area contributed by atoms with Crippen LogP contribution in [0.3, 0.4) is 0 Å². The van der Waals surface area contributed by atoms with Gasteiger partial charge in [0.05, 0.1) is 0 Å². The van der Waals surface area contributed by atoms with Crippen LogP contribution in [0.4, 0.5) is 21.9 Å². The van der Waals surface area contributed by atoms with Crippen molar-refractivity contribution >= 4 is 23.1 Å². The molecule has 0 aliphatic rings. The zero-order chi connectivity index (χ0) is 22.9. The number of carbonyl (C=O) groups excluding carboxylic acids is 1. The molecule has 0 saturated carbocycles. The maximum atomic E-state index is 12.3. The van der Waals surface area contributed by atoms with Gasteiger partial charge in [-0.1, -0.05) is 62.7 Å². The highest BCUT2D eigenvalue weighted by Crippen LogP contribution is 2.22. The van der Waals surface area contributed by atoms with Crippen molar-refractivity contribution in [2.24, 2.45) is 5.92 Å². The van der Waals surface area contributed by atoms with Crippen LogP contribution in [0.1, 0.15) is 43.4 Å². The van der Waals surface area contributed by atoms with Gasteiger partial charge in [0.2, 0.25) is 0 Å². The van der Waals surface area contributed by atoms with E-state index in [2.05, 4.69) is 73.1 Å². The van der Waals surface area contributed by atoms with Crippen molar-refractivity contribution in [3.8, 4) is 0 Å². The molecule has 0 bridgehead atoms. The van der Waals surface area contributed by atoms with Crippen LogP contribution < -0.4 is 16.0 Å². The maximum absolute atomic E-state index is 12.3. The van der Waals surface area contributed by atoms with Gasteiger partial charge in [-0.2, -0.15) is 0 Å². The lowest BCUT2D eigenvalue weighted by Crippen LogP contribution is -2.28. The molecule has 3 N–H and O–H groups in total. The highest BCUT2D eigenvalue weighted by Gasteiger charge is 2.16. The van der Waals surface area contributed by atoms with E-state index < -0.39 is 0 Å². The number of benzene rings is 3. The second kappa shape index (κ2) is 11.4. The number of nitrogens with one attached hydrogen (secondary N) is 3. The second-order valence-corrected chi connectivity index (χ2v) is 8.64. The van der Waals surface area contributed by atoms with E-state index >= 15 is 0 Å². The van der Waals surface area contributed by atoms with Gasteiger partial charge in [-0.3, -0.25) is 0 Å². The molecule has 0 aliphatic heterocycles. The highest BCUT2D eigenvalue weighted by molar-refractivity contribution is 5.99. The zero-order valence-electron chi connectivity index (χ0n) is 19.6. The molecule has 0 aromatic heterocycles. The molecule has 168 valence electrons. The average Bonchev–Trinajstić information content (AvgIpc) is 2.78. The summed E-state index contributed by atoms with van der Waals surface area (Å²) in [6.45, 7) is 8.72. The Hall–Kier alpha value is -3.27. The molecule has 32 heavy (non-hydrogen) atoms. The summed E-state index contributed by atoms with van der Waals surface area (Å²) in [6.07, 6.45) is 3.19. The summed E-state index contributed by atoms with van der Waals surface area (Å²) >= 11 is 0. The standard InChI is InChI=1S/C28H35N3O/c1-5-21(3)27(31-26-12-7-6-10-22(26)4)18-15-23-13-16-24(17-14-23)29-28(32)30-25-11-8-9-20(2)19-25/h6-14,16-17,19,21,27,31H,5,15,18H2,1-4H3,(H2,29,30,32). The van der Waals surface area contributed by atoms with E-state index in [9.17, 15) is 4.79 Å². The van der Waals surface area contributed by atoms with Crippen LogP contribution in [0.25, 0.3) is 0 Å². The van der Waals surface area contributed by atoms with Crippen molar-refractivity contribution in [2.45, 2.75) is 53.0 Å². The maximum Gasteiger partial charge on any atom is 0.323 e. The fraction of sp³-hybridized carbons (Fsp3) is 0.321. The van der Waals surface area contributed by atoms with Gasteiger partial charge >= 0.3 is 6.03 Å². The van der Waals surface area contributed by atoms with Gasteiger partial charge in [0.25, 0.3) is 0 Å². The van der Waals surface area contributed by atoms with Crippen LogP contribution in [-0.2, 0) is 6.42 Å². The Morgan fingerprint density at radius 1 is 0.875 bits per heavy atom. The van der Waals surface area contributed by atoms with E-state index in [-0.39, 0.29) is 6.03 Å². The van der Waals surface area contributed by atoms with Crippen LogP contribution >= 0.6 is 0 Å². The van der Waals surface area contributed by atoms with Crippen molar-refractivity contribution in [3.63, 3.8) is 0 Å². The van der Waals surface area contributed by atoms with Crippen molar-refractivity contribution in [3.05, 3.63) is 89.5 Å². The average molecular weight is 430 g/mol. The normalized spacial score (nSPS) is 12.6. The van der Waals surface area contributed by atoms with Crippen molar-refractivity contribution in [1.29, 1.82) is 0 Å². The zero-order valence-corrected chi connectivity index (χ0v) is 19.6. The molecule has 4 nitrogen and oxygen atoms in total. The Balaban J connectivity index is 1.55. The second-order valence-electron chi connectivity index (χ2n) is 8.64. The fourth-order valence-electron chi connectivity index (χ4n) is 3.81. The minimum absolute atomic E-state index is 0.234. The first-order valence-corrected chi connectivity index (χ1v) is 11.5. The van der Waals surface area contributed by atoms with Crippen LogP contribution in [0.15, 0.2) is 72.8 Å². The molecule has 0 saturated heterocycles. The van der Waals surface area contributed by atoms with Gasteiger partial charge < -0.3 is 16.0 Å². The summed E-state index contributed by atoms with van der Waals surface area (Å²) in [5, 5.41) is 9.55. The summed E-state index contributed by atoms with van der Waals surface area (Å²) in [5.74, 6) is 0.584. The van der Waals surface area contributed by atoms with Gasteiger partial charge in [-0.25, -0.2) is 4.79 Å². The van der Waals surface area contributed by atoms with E-state index in [0.717, 1.165) is 36.2 Å². The molecule has 4 heteroatoms. The molecule has 0 spiro atoms. The third-order valence-electron chi connectivity index (χ3n) is 6.05. The minimum atomic E-state index is -0.234. The molecule has 3 aromatic carbocycles. The van der Waals surface area contributed by atoms with Gasteiger partial charge in [0.15, 0.2) is 0 Å². The molecule has 0 fully saturated rings. The molecule has 3 aromatic rings. The lowest BCUT2D eigenvalue weighted by atomic mass is 9.92. The van der Waals surface area contributed by atoms with Crippen molar-refractivity contribution < 1.29 is 4.79 Å². The quantitative estimate of drug-likeness (QED) is 0.332. The smallest absolute Gasteiger partial charge is 0.323 e. The number of para-hydroxylation sites is 1. The molecule has 0 heterocycles. The number of carbonyl (C=O) groups is 1. The number of hydrogen-bond donors (Lipinski definition) is 3. The lowest BCUT2D eigenvalue weighted by Gasteiger charge is -2.26. The predicted molar refractivity (Wildman–Crippen MR) is 137 cm³/mol. The number of amides is 2. The first kappa shape index (κ1) is 23.4. The topological polar surface area (TPSA) is 53.2 Å². The third kappa shape index (κ3) is 6.88. The molecule has 2 atom stereocenters. The van der Waals surface area contributed by atoms with E-state index in [4.69, 9.17) is 0 Å². The third-order valence-corrected chi connectivity index (χ3v) is 6.05. The summed E-state index contributed by atoms with van der Waals surface area (Å²) in [6, 6.07) is 24.6. The fourth-order valence-corrected chi connectivity index (χ4v) is 3.81. The van der Waals surface area contributed by atoms with Gasteiger partial charge in [0, 0.05) is 23.1 Å². The molecular weight excluding hydrogens is 394 g/mol. The predicted octanol–water partition coefficient (Wildman–Crippen LogP) is 7.41. The Kier molecular flexibility index (Phi) is 8.32. The largest absolute Gasteiger partial charge is 0.382 e. The number of anilines is 3. The molecule has 0 radical (unpaired) electrons. The summed E-state index contributed by atoms with van der Waals surface area (Å²) < 4.78 is 0. The molecule has 2 unspecified atom stereocenters. The Labute approximate surface area is 192 Å². The van der Waals surface area contributed by atoms with Gasteiger partial charge in [-0.05, 0) is 79.6 Å². The monoisotopic (exact) mass is 429 g/mol. The minimum Gasteiger partial charge on any atom is -0.382 e. The Bertz CT molecular complexity index is 1010. The van der Waals surface area contributed by atoms with Crippen molar-refractivity contribution in [2.75, 3.05) is 16.0 Å². The van der Waals surface area contributed by atoms with E-state index in [1.54, 1.807) is 0 Å². The first-order chi connectivity index (χ1) is 15.4. The van der Waals surface area contributed by atoms with Crippen LogP contribution in [0.2, 0.25) is 0 Å². The van der Waals surface area contributed by atoms with Crippen LogP contribution in [0.5, 0.6) is 0 Å². The van der Waals surface area contributed by atoms with Gasteiger partial charge in [0.1, 0.15) is 0 Å². The first-order valence-electron chi connectivity index (χ1n) is 11.5. The van der Waals surface area contributed by atoms with E-state index in [1.165, 1.54) is 16.8 Å². The number of aryl methyl sites for hydroxylation is 3. The van der Waals surface area contributed by atoms with E-state index in [0.29, 0.717) is 12.0 Å². The van der Waals surface area contributed by atoms with Crippen molar-refractivity contribution in [1.82, 2.24) is 0 Å². The molecular formula is C28H35N3O. The SMILES string of the molecule is CCC(C)C(CCc1ccc(NC(=O)Nc2cccc(C)c2)cc1)Nc1ccccc1C. The molecule has 2 amide bonds. The Morgan fingerprint density at radius 3 is 2.28 bits per heavy atom. The Morgan fingerprint density at radius 2 is 1.59 bits per heavy atom. The van der Waals surface area contributed by atoms with Crippen LogP contribution in [-0.4, -0.2) is 12.1 Å². The highest BCUT2D eigenvalue weighted by atomic mass is 16.2. The summed E-state index contributed by atoms with van der Waals surface area (Å²) in [5.41, 5.74) is 6.46. The summed E-state index contributed by atoms with van der Waals surface area (Å²) in [4.78, 5) is 12.3. The number of hydrogen-bond acceptors (Lipinski definition) is 2. The van der Waals surface area contributed by atoms with Gasteiger partial charge in [-0.15, -0.1) is 0 Å². The molecule has 0 aliphatic carbocycles.